The van der Waals surface area contributed by atoms with E-state index in [0.29, 0.717) is 38.9 Å². The normalized spacial score (nSPS) is 11.4. The highest BCUT2D eigenvalue weighted by molar-refractivity contribution is 6.31. The minimum absolute atomic E-state index is 0.0507. The van der Waals surface area contributed by atoms with Crippen LogP contribution < -0.4 is 26.7 Å². The molecule has 0 fully saturated rings. The van der Waals surface area contributed by atoms with Crippen LogP contribution in [0.4, 0.5) is 10.5 Å². The number of halogens is 1. The van der Waals surface area contributed by atoms with Gasteiger partial charge in [0.1, 0.15) is 12.4 Å². The number of hydrazine groups is 2. The molecule has 6 N–H and O–H groups in total. The highest BCUT2D eigenvalue weighted by atomic mass is 35.5. The number of urea groups is 1. The quantitative estimate of drug-likeness (QED) is 0.153. The number of rotatable bonds is 8. The number of hydrogen-bond donors (Lipinski definition) is 4. The predicted molar refractivity (Wildman–Crippen MR) is 130 cm³/mol. The molecule has 176 valence electrons. The summed E-state index contributed by atoms with van der Waals surface area (Å²) in [6.45, 7) is 5.09. The smallest absolute Gasteiger partial charge is 0.352 e. The van der Waals surface area contributed by atoms with Gasteiger partial charge >= 0.3 is 6.03 Å². The van der Waals surface area contributed by atoms with Crippen LogP contribution in [-0.2, 0) is 11.4 Å². The second-order valence-corrected chi connectivity index (χ2v) is 7.86. The van der Waals surface area contributed by atoms with Gasteiger partial charge in [0.25, 0.3) is 0 Å². The molecular weight excluding hydrogens is 444 g/mol. The summed E-state index contributed by atoms with van der Waals surface area (Å²) < 4.78 is 5.97. The fourth-order valence-corrected chi connectivity index (χ4v) is 3.50. The fourth-order valence-electron chi connectivity index (χ4n) is 3.27. The number of amides is 2. The molecule has 0 aromatic heterocycles. The van der Waals surface area contributed by atoms with Crippen LogP contribution in [0.5, 0.6) is 5.75 Å². The largest absolute Gasteiger partial charge is 0.488 e. The van der Waals surface area contributed by atoms with E-state index in [1.54, 1.807) is 44.3 Å². The number of nitrogens with zero attached hydrogens (tertiary/aromatic N) is 2. The molecule has 33 heavy (non-hydrogen) atoms. The first-order valence-corrected chi connectivity index (χ1v) is 10.4. The number of benzene rings is 2. The molecule has 2 aromatic rings. The van der Waals surface area contributed by atoms with Crippen LogP contribution in [0.3, 0.4) is 0 Å². The number of ketones is 1. The van der Waals surface area contributed by atoms with Crippen molar-refractivity contribution in [2.24, 2.45) is 11.7 Å². The standard InChI is InChI=1S/C23H29ClN6O3/c1-13-11-16(21(25)14(2)22(28-4)15(3)31)9-10-20(13)33-12-17-18(24)7-6-8-19(17)30(27)23(32)29(5)26/h6-11,25,28H,12,26-27H2,1-5H3/b22-14-,25-21?. The molecule has 2 amide bonds. The summed E-state index contributed by atoms with van der Waals surface area (Å²) in [6, 6.07) is 9.68. The number of carbonyl (C=O) groups is 2. The lowest BCUT2D eigenvalue weighted by molar-refractivity contribution is -0.113. The van der Waals surface area contributed by atoms with Crippen molar-refractivity contribution in [1.29, 1.82) is 5.41 Å². The number of ether oxygens (including phenoxy) is 1. The summed E-state index contributed by atoms with van der Waals surface area (Å²) in [5.41, 5.74) is 3.51. The van der Waals surface area contributed by atoms with E-state index in [2.05, 4.69) is 5.32 Å². The highest BCUT2D eigenvalue weighted by Gasteiger charge is 2.20. The number of Topliss-reactive ketones (excluding diaryl/α,β-unsaturated/α-hetero) is 1. The van der Waals surface area contributed by atoms with Gasteiger partial charge in [-0.05, 0) is 49.7 Å². The lowest BCUT2D eigenvalue weighted by Crippen LogP contribution is -2.49. The van der Waals surface area contributed by atoms with Gasteiger partial charge in [0.15, 0.2) is 5.78 Å². The molecule has 0 radical (unpaired) electrons. The Bertz CT molecular complexity index is 1110. The summed E-state index contributed by atoms with van der Waals surface area (Å²) >= 11 is 6.35. The summed E-state index contributed by atoms with van der Waals surface area (Å²) in [5, 5.41) is 13.5. The van der Waals surface area contributed by atoms with Crippen LogP contribution in [0.2, 0.25) is 5.02 Å². The second-order valence-electron chi connectivity index (χ2n) is 7.45. The Labute approximate surface area is 198 Å². The number of nitrogens with two attached hydrogens (primary N) is 2. The fraction of sp³-hybridized carbons (Fsp3) is 0.261. The number of anilines is 1. The summed E-state index contributed by atoms with van der Waals surface area (Å²) in [4.78, 5) is 24.0. The van der Waals surface area contributed by atoms with E-state index in [-0.39, 0.29) is 18.1 Å². The maximum Gasteiger partial charge on any atom is 0.352 e. The number of allylic oxidation sites excluding steroid dienone is 2. The van der Waals surface area contributed by atoms with E-state index in [9.17, 15) is 9.59 Å². The van der Waals surface area contributed by atoms with E-state index in [0.717, 1.165) is 15.6 Å². The van der Waals surface area contributed by atoms with Crippen molar-refractivity contribution in [3.05, 3.63) is 69.4 Å². The lowest BCUT2D eigenvalue weighted by Gasteiger charge is -2.24. The van der Waals surface area contributed by atoms with Gasteiger partial charge < -0.3 is 10.1 Å². The van der Waals surface area contributed by atoms with Crippen molar-refractivity contribution in [2.75, 3.05) is 19.1 Å². The van der Waals surface area contributed by atoms with Gasteiger partial charge in [-0.15, -0.1) is 0 Å². The molecular formula is C23H29ClN6O3. The van der Waals surface area contributed by atoms with Crippen LogP contribution in [0.1, 0.15) is 30.5 Å². The molecule has 0 heterocycles. The van der Waals surface area contributed by atoms with Gasteiger partial charge in [-0.3, -0.25) is 15.2 Å². The Hall–Kier alpha value is -3.40. The van der Waals surface area contributed by atoms with Gasteiger partial charge in [0.2, 0.25) is 0 Å². The van der Waals surface area contributed by atoms with E-state index in [4.69, 9.17) is 33.4 Å². The van der Waals surface area contributed by atoms with Gasteiger partial charge in [-0.1, -0.05) is 17.7 Å². The zero-order valence-corrected chi connectivity index (χ0v) is 20.1. The van der Waals surface area contributed by atoms with Gasteiger partial charge in [-0.25, -0.2) is 21.5 Å². The zero-order valence-electron chi connectivity index (χ0n) is 19.3. The zero-order chi connectivity index (χ0) is 24.9. The topological polar surface area (TPSA) is 138 Å². The van der Waals surface area contributed by atoms with Crippen LogP contribution in [0, 0.1) is 12.3 Å². The van der Waals surface area contributed by atoms with Gasteiger partial charge in [0.05, 0.1) is 17.1 Å². The first kappa shape index (κ1) is 25.9. The number of aryl methyl sites for hydroxylation is 1. The third-order valence-corrected chi connectivity index (χ3v) is 5.40. The van der Waals surface area contributed by atoms with Gasteiger partial charge in [0, 0.05) is 42.7 Å². The summed E-state index contributed by atoms with van der Waals surface area (Å²) in [5.74, 6) is 11.9. The van der Waals surface area contributed by atoms with E-state index < -0.39 is 6.03 Å². The molecule has 2 rings (SSSR count). The minimum Gasteiger partial charge on any atom is -0.488 e. The maximum absolute atomic E-state index is 12.2. The number of nitrogens with one attached hydrogen (secondary N) is 2. The highest BCUT2D eigenvalue weighted by Crippen LogP contribution is 2.29. The maximum atomic E-state index is 12.2. The van der Waals surface area contributed by atoms with Crippen molar-refractivity contribution in [3.8, 4) is 5.75 Å². The van der Waals surface area contributed by atoms with E-state index in [1.807, 2.05) is 13.0 Å². The minimum atomic E-state index is -0.618. The van der Waals surface area contributed by atoms with Crippen molar-refractivity contribution >= 4 is 34.8 Å². The molecule has 0 unspecified atom stereocenters. The molecule has 9 nitrogen and oxygen atoms in total. The third-order valence-electron chi connectivity index (χ3n) is 5.05. The molecule has 0 saturated heterocycles. The van der Waals surface area contributed by atoms with E-state index in [1.165, 1.54) is 14.0 Å². The average Bonchev–Trinajstić information content (AvgIpc) is 2.77. The van der Waals surface area contributed by atoms with Crippen LogP contribution in [0.15, 0.2) is 47.7 Å². The Morgan fingerprint density at radius 3 is 2.39 bits per heavy atom. The molecule has 0 atom stereocenters. The van der Waals surface area contributed by atoms with Crippen LogP contribution >= 0.6 is 11.6 Å². The number of carbonyl (C=O) groups excluding carboxylic acids is 2. The van der Waals surface area contributed by atoms with Crippen molar-refractivity contribution < 1.29 is 14.3 Å². The summed E-state index contributed by atoms with van der Waals surface area (Å²) in [7, 11) is 3.04. The van der Waals surface area contributed by atoms with Gasteiger partial charge in [-0.2, -0.15) is 0 Å². The first-order chi connectivity index (χ1) is 15.5. The average molecular weight is 473 g/mol. The first-order valence-electron chi connectivity index (χ1n) is 10.1. The molecule has 10 heteroatoms. The molecule has 2 aromatic carbocycles. The SMILES string of the molecule is CN/C(C(C)=O)=C(/C)C(=N)c1ccc(OCc2c(Cl)cccc2N(N)C(=O)N(C)N)c(C)c1. The molecule has 0 aliphatic heterocycles. The Morgan fingerprint density at radius 1 is 1.18 bits per heavy atom. The third kappa shape index (κ3) is 5.89. The predicted octanol–water partition coefficient (Wildman–Crippen LogP) is 3.28. The molecule has 0 spiro atoms. The number of hydrogen-bond acceptors (Lipinski definition) is 7. The van der Waals surface area contributed by atoms with Crippen molar-refractivity contribution in [1.82, 2.24) is 10.3 Å². The Morgan fingerprint density at radius 2 is 1.85 bits per heavy atom. The van der Waals surface area contributed by atoms with E-state index >= 15 is 0 Å². The molecule has 0 aliphatic rings. The molecule has 0 bridgehead atoms. The number of likely N-dealkylation sites (N-methyl/N-ethyl adjacent to an activating group) is 1. The van der Waals surface area contributed by atoms with Crippen LogP contribution in [-0.4, -0.2) is 36.6 Å². The van der Waals surface area contributed by atoms with Crippen LogP contribution in [0.25, 0.3) is 0 Å². The van der Waals surface area contributed by atoms with Crippen molar-refractivity contribution in [3.63, 3.8) is 0 Å². The Balaban J connectivity index is 2.29. The van der Waals surface area contributed by atoms with Crippen molar-refractivity contribution in [2.45, 2.75) is 27.4 Å². The molecule has 0 saturated carbocycles. The Kier molecular flexibility index (Phi) is 8.58. The summed E-state index contributed by atoms with van der Waals surface area (Å²) in [6.07, 6.45) is 0. The second kappa shape index (κ2) is 11.0. The monoisotopic (exact) mass is 472 g/mol. The lowest BCUT2D eigenvalue weighted by atomic mass is 9.99. The molecule has 0 aliphatic carbocycles.